The van der Waals surface area contributed by atoms with E-state index < -0.39 is 11.7 Å². The highest BCUT2D eigenvalue weighted by molar-refractivity contribution is 5.77. The Bertz CT molecular complexity index is 1200. The molecule has 5 N–H and O–H groups in total. The molecule has 0 atom stereocenters. The summed E-state index contributed by atoms with van der Waals surface area (Å²) >= 11 is 0. The summed E-state index contributed by atoms with van der Waals surface area (Å²) in [5.74, 6) is 1.48. The fourth-order valence-electron chi connectivity index (χ4n) is 2.81. The van der Waals surface area contributed by atoms with Gasteiger partial charge in [-0.3, -0.25) is 4.40 Å². The normalized spacial score (nSPS) is 12.5. The van der Waals surface area contributed by atoms with Gasteiger partial charge in [-0.25, -0.2) is 9.97 Å². The molecule has 0 aliphatic rings. The Hall–Kier alpha value is -4.29. The summed E-state index contributed by atoms with van der Waals surface area (Å²) in [6.45, 7) is 0.188. The fraction of sp³-hybridized carbons (Fsp3) is 0.200. The maximum absolute atomic E-state index is 12.6. The van der Waals surface area contributed by atoms with E-state index in [4.69, 9.17) is 10.8 Å². The summed E-state index contributed by atoms with van der Waals surface area (Å²) < 4.78 is 39.6. The standard InChI is InChI=1S/C20H21F3N10/c1-26-16(2-6-24)30-19-28-8-3-15(29-19)13-5-9-33-17(31-32-18(33)10-13)4-7-27-12-14(11-25)20(21,22)23/h2-3,5-6,8-12,24-27H,4,7H2,1H3,(H,28,29,30)/b14-12+,16-2+,24-6?,25-11?. The number of allylic oxidation sites excluding steroid dienone is 2. The maximum Gasteiger partial charge on any atom is 0.419 e. The van der Waals surface area contributed by atoms with Gasteiger partial charge in [0.05, 0.1) is 11.3 Å². The number of aromatic nitrogens is 5. The number of nitrogens with one attached hydrogen (secondary N) is 5. The van der Waals surface area contributed by atoms with Crippen molar-refractivity contribution in [1.29, 1.82) is 10.8 Å². The Morgan fingerprint density at radius 2 is 2.03 bits per heavy atom. The molecule has 10 nitrogen and oxygen atoms in total. The highest BCUT2D eigenvalue weighted by Gasteiger charge is 2.32. The van der Waals surface area contributed by atoms with E-state index in [-0.39, 0.29) is 12.8 Å². The zero-order chi connectivity index (χ0) is 23.8. The van der Waals surface area contributed by atoms with Gasteiger partial charge in [0.1, 0.15) is 11.6 Å². The molecule has 172 valence electrons. The lowest BCUT2D eigenvalue weighted by molar-refractivity contribution is -0.0859. The number of hydrogen-bond acceptors (Lipinski definition) is 9. The highest BCUT2D eigenvalue weighted by atomic mass is 19.4. The summed E-state index contributed by atoms with van der Waals surface area (Å²) in [7, 11) is 1.71. The Balaban J connectivity index is 1.73. The first-order valence-electron chi connectivity index (χ1n) is 9.69. The summed E-state index contributed by atoms with van der Waals surface area (Å²) in [5, 5.41) is 30.7. The van der Waals surface area contributed by atoms with Crippen LogP contribution in [0.4, 0.5) is 19.1 Å². The van der Waals surface area contributed by atoms with Crippen LogP contribution in [0.5, 0.6) is 0 Å². The second-order valence-corrected chi connectivity index (χ2v) is 6.59. The van der Waals surface area contributed by atoms with Crippen molar-refractivity contribution in [3.05, 3.63) is 60.1 Å². The van der Waals surface area contributed by atoms with Crippen molar-refractivity contribution in [1.82, 2.24) is 35.2 Å². The number of nitrogens with zero attached hydrogens (tertiary/aromatic N) is 5. The predicted octanol–water partition coefficient (Wildman–Crippen LogP) is 2.54. The first kappa shape index (κ1) is 23.4. The molecular weight excluding hydrogens is 437 g/mol. The summed E-state index contributed by atoms with van der Waals surface area (Å²) in [4.78, 5) is 8.64. The van der Waals surface area contributed by atoms with Crippen LogP contribution in [0.3, 0.4) is 0 Å². The van der Waals surface area contributed by atoms with Crippen molar-refractivity contribution in [2.75, 3.05) is 18.9 Å². The molecule has 0 fully saturated rings. The Kier molecular flexibility index (Phi) is 7.33. The number of hydrogen-bond donors (Lipinski definition) is 5. The van der Waals surface area contributed by atoms with Crippen LogP contribution in [0.25, 0.3) is 16.9 Å². The van der Waals surface area contributed by atoms with Gasteiger partial charge in [-0.1, -0.05) is 0 Å². The summed E-state index contributed by atoms with van der Waals surface area (Å²) in [6.07, 6.45) is 2.81. The second kappa shape index (κ2) is 10.3. The van der Waals surface area contributed by atoms with Crippen LogP contribution >= 0.6 is 0 Å². The monoisotopic (exact) mass is 458 g/mol. The van der Waals surface area contributed by atoms with E-state index in [2.05, 4.69) is 36.1 Å². The van der Waals surface area contributed by atoms with E-state index in [9.17, 15) is 13.2 Å². The van der Waals surface area contributed by atoms with Gasteiger partial charge in [-0.2, -0.15) is 13.2 Å². The molecule has 0 spiro atoms. The molecule has 0 radical (unpaired) electrons. The molecule has 0 bridgehead atoms. The lowest BCUT2D eigenvalue weighted by Gasteiger charge is -2.09. The third kappa shape index (κ3) is 5.90. The van der Waals surface area contributed by atoms with E-state index in [1.807, 2.05) is 6.07 Å². The number of halogens is 3. The number of rotatable bonds is 10. The lowest BCUT2D eigenvalue weighted by atomic mass is 10.2. The van der Waals surface area contributed by atoms with Gasteiger partial charge < -0.3 is 26.8 Å². The zero-order valence-electron chi connectivity index (χ0n) is 17.5. The van der Waals surface area contributed by atoms with Gasteiger partial charge in [-0.05, 0) is 24.3 Å². The third-order valence-electron chi connectivity index (χ3n) is 4.43. The molecule has 33 heavy (non-hydrogen) atoms. The van der Waals surface area contributed by atoms with E-state index in [0.717, 1.165) is 18.0 Å². The molecule has 0 saturated heterocycles. The topological polar surface area (TPSA) is 140 Å². The molecular formula is C20H21F3N10. The molecule has 0 amide bonds. The van der Waals surface area contributed by atoms with Crippen molar-refractivity contribution in [3.63, 3.8) is 0 Å². The Labute approximate surface area is 186 Å². The zero-order valence-corrected chi connectivity index (χ0v) is 17.5. The van der Waals surface area contributed by atoms with E-state index in [1.54, 1.807) is 36.0 Å². The first-order valence-corrected chi connectivity index (χ1v) is 9.69. The fourth-order valence-corrected chi connectivity index (χ4v) is 2.81. The minimum Gasteiger partial charge on any atom is -0.390 e. The van der Waals surface area contributed by atoms with Crippen molar-refractivity contribution >= 4 is 24.0 Å². The minimum atomic E-state index is -4.58. The average Bonchev–Trinajstić information content (AvgIpc) is 3.20. The van der Waals surface area contributed by atoms with Gasteiger partial charge in [-0.15, -0.1) is 10.2 Å². The maximum atomic E-state index is 12.6. The van der Waals surface area contributed by atoms with Crippen LogP contribution in [0.2, 0.25) is 0 Å². The predicted molar refractivity (Wildman–Crippen MR) is 118 cm³/mol. The minimum absolute atomic E-state index is 0.188. The SMILES string of the molecule is CN/C(=C\C=N)Nc1nccc(-c2ccn3c(CCN/C=C(\C=N)C(F)(F)F)nnc3c2)n1. The molecule has 3 heterocycles. The Morgan fingerprint density at radius 1 is 1.21 bits per heavy atom. The number of fused-ring (bicyclic) bond motifs is 1. The molecule has 0 saturated carbocycles. The van der Waals surface area contributed by atoms with Crippen LogP contribution in [-0.2, 0) is 6.42 Å². The quantitative estimate of drug-likeness (QED) is 0.232. The van der Waals surface area contributed by atoms with Crippen molar-refractivity contribution in [2.45, 2.75) is 12.6 Å². The van der Waals surface area contributed by atoms with Crippen molar-refractivity contribution in [2.24, 2.45) is 0 Å². The summed E-state index contributed by atoms with van der Waals surface area (Å²) in [5.41, 5.74) is 0.909. The molecule has 0 aromatic carbocycles. The molecule has 3 aromatic heterocycles. The van der Waals surface area contributed by atoms with Crippen LogP contribution in [0.1, 0.15) is 5.82 Å². The van der Waals surface area contributed by atoms with Crippen LogP contribution < -0.4 is 16.0 Å². The van der Waals surface area contributed by atoms with Crippen LogP contribution in [-0.4, -0.2) is 56.8 Å². The third-order valence-corrected chi connectivity index (χ3v) is 4.43. The molecule has 0 aliphatic carbocycles. The van der Waals surface area contributed by atoms with E-state index >= 15 is 0 Å². The highest BCUT2D eigenvalue weighted by Crippen LogP contribution is 2.23. The van der Waals surface area contributed by atoms with Gasteiger partial charge in [0.15, 0.2) is 5.65 Å². The van der Waals surface area contributed by atoms with Gasteiger partial charge in [0, 0.05) is 56.6 Å². The number of pyridine rings is 1. The van der Waals surface area contributed by atoms with E-state index in [0.29, 0.717) is 35.4 Å². The smallest absolute Gasteiger partial charge is 0.390 e. The second-order valence-electron chi connectivity index (χ2n) is 6.59. The number of anilines is 1. The van der Waals surface area contributed by atoms with Crippen LogP contribution in [0, 0.1) is 10.8 Å². The Morgan fingerprint density at radius 3 is 2.73 bits per heavy atom. The molecule has 3 rings (SSSR count). The largest absolute Gasteiger partial charge is 0.419 e. The van der Waals surface area contributed by atoms with E-state index in [1.165, 1.54) is 6.08 Å². The molecule has 3 aromatic rings. The van der Waals surface area contributed by atoms with Gasteiger partial charge in [0.2, 0.25) is 5.95 Å². The van der Waals surface area contributed by atoms with Gasteiger partial charge >= 0.3 is 6.18 Å². The molecule has 13 heteroatoms. The first-order chi connectivity index (χ1) is 15.9. The number of alkyl halides is 3. The van der Waals surface area contributed by atoms with Crippen molar-refractivity contribution < 1.29 is 13.2 Å². The average molecular weight is 458 g/mol. The lowest BCUT2D eigenvalue weighted by Crippen LogP contribution is -2.19. The molecule has 0 unspecified atom stereocenters. The summed E-state index contributed by atoms with van der Waals surface area (Å²) in [6, 6.07) is 5.35. The van der Waals surface area contributed by atoms with Gasteiger partial charge in [0.25, 0.3) is 0 Å². The van der Waals surface area contributed by atoms with Crippen LogP contribution in [0.15, 0.2) is 54.3 Å². The van der Waals surface area contributed by atoms with Crippen molar-refractivity contribution in [3.8, 4) is 11.3 Å². The molecule has 0 aliphatic heterocycles.